The smallest absolute Gasteiger partial charge is 0.165 e. The van der Waals surface area contributed by atoms with E-state index < -0.39 is 0 Å². The molecule has 0 fully saturated rings. The van der Waals surface area contributed by atoms with Gasteiger partial charge in [-0.25, -0.2) is 9.97 Å². The quantitative estimate of drug-likeness (QED) is 0.181. The van der Waals surface area contributed by atoms with Gasteiger partial charge in [0.1, 0.15) is 5.69 Å². The van der Waals surface area contributed by atoms with Crippen molar-refractivity contribution in [3.05, 3.63) is 170 Å². The van der Waals surface area contributed by atoms with Gasteiger partial charge in [0.25, 0.3) is 0 Å². The molecule has 0 radical (unpaired) electrons. The summed E-state index contributed by atoms with van der Waals surface area (Å²) in [5.41, 5.74) is 9.28. The summed E-state index contributed by atoms with van der Waals surface area (Å²) >= 11 is 0. The van der Waals surface area contributed by atoms with E-state index >= 15 is 0 Å². The average molecular weight is 637 g/mol. The molecule has 4 nitrogen and oxygen atoms in total. The minimum atomic E-state index is 0.818. The third-order valence-electron chi connectivity index (χ3n) is 10.3. The Kier molecular flexibility index (Phi) is 5.63. The normalized spacial score (nSPS) is 12.0. The van der Waals surface area contributed by atoms with Gasteiger partial charge in [-0.2, -0.15) is 0 Å². The molecule has 50 heavy (non-hydrogen) atoms. The van der Waals surface area contributed by atoms with Crippen LogP contribution < -0.4 is 0 Å². The van der Waals surface area contributed by atoms with Crippen LogP contribution in [-0.4, -0.2) is 19.1 Å². The standard InChI is InChI=1S/C46H28N4/c1-2-15-33(16-3-1)49-38-20-9-8-18-35(38)36-19-10-21-39-42(36)43-40(49)22-11-23-41(43)50(39)46-44(32-25-24-29-12-4-5-14-31(29)28-32)47-37-27-26-30-13-6-7-17-34(30)45(37)48-46/h1-28H. The molecular weight excluding hydrogens is 609 g/mol. The van der Waals surface area contributed by atoms with Crippen LogP contribution in [0, 0.1) is 0 Å². The zero-order chi connectivity index (χ0) is 32.8. The van der Waals surface area contributed by atoms with Crippen molar-refractivity contribution in [1.29, 1.82) is 0 Å². The molecule has 8 aromatic carbocycles. The average Bonchev–Trinajstić information content (AvgIpc) is 3.46. The molecule has 11 rings (SSSR count). The van der Waals surface area contributed by atoms with Gasteiger partial charge in [0.05, 0.1) is 33.1 Å². The predicted molar refractivity (Wildman–Crippen MR) is 209 cm³/mol. The molecule has 3 heterocycles. The molecular formula is C46H28N4. The van der Waals surface area contributed by atoms with Gasteiger partial charge < -0.3 is 4.57 Å². The fourth-order valence-electron chi connectivity index (χ4n) is 8.08. The van der Waals surface area contributed by atoms with Crippen LogP contribution in [0.25, 0.3) is 99.0 Å². The first-order chi connectivity index (χ1) is 24.8. The zero-order valence-corrected chi connectivity index (χ0v) is 27.0. The van der Waals surface area contributed by atoms with Crippen LogP contribution in [0.5, 0.6) is 0 Å². The van der Waals surface area contributed by atoms with E-state index in [0.29, 0.717) is 0 Å². The first kappa shape index (κ1) is 27.2. The summed E-state index contributed by atoms with van der Waals surface area (Å²) in [4.78, 5) is 11.1. The number of hydrogen-bond donors (Lipinski definition) is 0. The minimum absolute atomic E-state index is 0.818. The monoisotopic (exact) mass is 636 g/mol. The van der Waals surface area contributed by atoms with Gasteiger partial charge in [-0.15, -0.1) is 0 Å². The predicted octanol–water partition coefficient (Wildman–Crippen LogP) is 11.8. The SMILES string of the molecule is c1ccc(-n2c3ccccc3c3cccc4c3c3c2cccc3n4-c2nc3c(ccc4ccccc43)nc2-c2ccc3ccccc3c2)cc1. The van der Waals surface area contributed by atoms with Crippen molar-refractivity contribution in [3.63, 3.8) is 0 Å². The van der Waals surface area contributed by atoms with Crippen molar-refractivity contribution in [2.24, 2.45) is 0 Å². The first-order valence-corrected chi connectivity index (χ1v) is 17.0. The van der Waals surface area contributed by atoms with Crippen LogP contribution in [0.1, 0.15) is 0 Å². The Morgan fingerprint density at radius 2 is 1.00 bits per heavy atom. The Morgan fingerprint density at radius 3 is 1.86 bits per heavy atom. The second kappa shape index (κ2) is 10.4. The Balaban J connectivity index is 1.35. The molecule has 0 amide bonds. The van der Waals surface area contributed by atoms with Gasteiger partial charge in [-0.1, -0.05) is 121 Å². The molecule has 0 N–H and O–H groups in total. The summed E-state index contributed by atoms with van der Waals surface area (Å²) in [5.74, 6) is 0.818. The maximum atomic E-state index is 5.61. The maximum absolute atomic E-state index is 5.61. The molecule has 0 atom stereocenters. The second-order valence-corrected chi connectivity index (χ2v) is 13.0. The van der Waals surface area contributed by atoms with E-state index in [2.05, 4.69) is 179 Å². The highest BCUT2D eigenvalue weighted by Crippen LogP contribution is 2.43. The van der Waals surface area contributed by atoms with Gasteiger partial charge in [0, 0.05) is 32.8 Å². The van der Waals surface area contributed by atoms with E-state index in [0.717, 1.165) is 66.6 Å². The Morgan fingerprint density at radius 1 is 0.380 bits per heavy atom. The third-order valence-corrected chi connectivity index (χ3v) is 10.3. The van der Waals surface area contributed by atoms with Gasteiger partial charge in [-0.05, 0) is 70.1 Å². The lowest BCUT2D eigenvalue weighted by Gasteiger charge is -2.16. The van der Waals surface area contributed by atoms with Crippen molar-refractivity contribution in [2.45, 2.75) is 0 Å². The van der Waals surface area contributed by atoms with Crippen molar-refractivity contribution < 1.29 is 0 Å². The summed E-state index contributed by atoms with van der Waals surface area (Å²) in [5, 5.41) is 9.43. The number of rotatable bonds is 3. The highest BCUT2D eigenvalue weighted by atomic mass is 15.1. The van der Waals surface area contributed by atoms with Gasteiger partial charge >= 0.3 is 0 Å². The Labute approximate surface area is 287 Å². The van der Waals surface area contributed by atoms with Crippen molar-refractivity contribution in [3.8, 4) is 22.8 Å². The first-order valence-electron chi connectivity index (χ1n) is 17.0. The van der Waals surface area contributed by atoms with Crippen molar-refractivity contribution >= 4 is 76.2 Å². The molecule has 0 spiro atoms. The summed E-state index contributed by atoms with van der Waals surface area (Å²) in [6.07, 6.45) is 0. The van der Waals surface area contributed by atoms with Crippen LogP contribution >= 0.6 is 0 Å². The number of benzene rings is 8. The number of para-hydroxylation sites is 2. The molecule has 0 saturated heterocycles. The lowest BCUT2D eigenvalue weighted by atomic mass is 10.0. The Hall–Kier alpha value is -6.78. The van der Waals surface area contributed by atoms with Crippen LogP contribution in [0.4, 0.5) is 0 Å². The van der Waals surface area contributed by atoms with Gasteiger partial charge in [0.2, 0.25) is 0 Å². The highest BCUT2D eigenvalue weighted by Gasteiger charge is 2.24. The summed E-state index contributed by atoms with van der Waals surface area (Å²) in [6, 6.07) is 60.6. The lowest BCUT2D eigenvalue weighted by Crippen LogP contribution is -2.04. The van der Waals surface area contributed by atoms with E-state index in [4.69, 9.17) is 9.97 Å². The lowest BCUT2D eigenvalue weighted by molar-refractivity contribution is 1.08. The molecule has 0 unspecified atom stereocenters. The molecule has 0 saturated carbocycles. The van der Waals surface area contributed by atoms with Crippen LogP contribution in [-0.2, 0) is 0 Å². The van der Waals surface area contributed by atoms with E-state index in [-0.39, 0.29) is 0 Å². The zero-order valence-electron chi connectivity index (χ0n) is 27.0. The van der Waals surface area contributed by atoms with E-state index in [1.807, 2.05) is 0 Å². The fourth-order valence-corrected chi connectivity index (χ4v) is 8.08. The fraction of sp³-hybridized carbons (Fsp3) is 0. The largest absolute Gasteiger partial charge is 0.309 e. The number of hydrogen-bond acceptors (Lipinski definition) is 2. The second-order valence-electron chi connectivity index (χ2n) is 13.0. The molecule has 0 aliphatic heterocycles. The molecule has 0 bridgehead atoms. The molecule has 0 aliphatic carbocycles. The van der Waals surface area contributed by atoms with Crippen LogP contribution in [0.2, 0.25) is 0 Å². The van der Waals surface area contributed by atoms with Gasteiger partial charge in [0.15, 0.2) is 5.82 Å². The van der Waals surface area contributed by atoms with E-state index in [1.54, 1.807) is 0 Å². The van der Waals surface area contributed by atoms with Crippen LogP contribution in [0.15, 0.2) is 170 Å². The molecule has 3 aromatic heterocycles. The number of nitrogens with zero attached hydrogens (tertiary/aromatic N) is 4. The van der Waals surface area contributed by atoms with Crippen LogP contribution in [0.3, 0.4) is 0 Å². The third kappa shape index (κ3) is 3.81. The topological polar surface area (TPSA) is 35.6 Å². The molecule has 11 aromatic rings. The van der Waals surface area contributed by atoms with E-state index in [1.165, 1.54) is 32.3 Å². The maximum Gasteiger partial charge on any atom is 0.165 e. The summed E-state index contributed by atoms with van der Waals surface area (Å²) < 4.78 is 4.76. The highest BCUT2D eigenvalue weighted by molar-refractivity contribution is 6.28. The van der Waals surface area contributed by atoms with Gasteiger partial charge in [-0.3, -0.25) is 4.57 Å². The number of fused-ring (bicyclic) bond motifs is 6. The summed E-state index contributed by atoms with van der Waals surface area (Å²) in [7, 11) is 0. The van der Waals surface area contributed by atoms with Crippen molar-refractivity contribution in [2.75, 3.05) is 0 Å². The van der Waals surface area contributed by atoms with Crippen molar-refractivity contribution in [1.82, 2.24) is 19.1 Å². The number of aromatic nitrogens is 4. The molecule has 0 aliphatic rings. The summed E-state index contributed by atoms with van der Waals surface area (Å²) in [6.45, 7) is 0. The molecule has 232 valence electrons. The molecule has 4 heteroatoms. The minimum Gasteiger partial charge on any atom is -0.309 e. The van der Waals surface area contributed by atoms with E-state index in [9.17, 15) is 0 Å². The Bertz CT molecular complexity index is 3150.